The number of nitrogens with zero attached hydrogens (tertiary/aromatic N) is 8. The predicted octanol–water partition coefficient (Wildman–Crippen LogP) is 4.51. The van der Waals surface area contributed by atoms with E-state index in [0.717, 1.165) is 18.5 Å². The minimum absolute atomic E-state index is 0.0718. The molecule has 1 amide bonds. The Hall–Kier alpha value is -4.21. The average Bonchev–Trinajstić information content (AvgIpc) is 3.54. The lowest BCUT2D eigenvalue weighted by molar-refractivity contribution is 0.0183. The van der Waals surface area contributed by atoms with Gasteiger partial charge in [0.15, 0.2) is 0 Å². The number of halogens is 1. The zero-order valence-electron chi connectivity index (χ0n) is 23.3. The second kappa shape index (κ2) is 11.3. The third-order valence-corrected chi connectivity index (χ3v) is 7.18. The molecule has 0 aliphatic carbocycles. The molecule has 1 unspecified atom stereocenters. The predicted molar refractivity (Wildman–Crippen MR) is 149 cm³/mol. The minimum atomic E-state index is -1.09. The second-order valence-electron chi connectivity index (χ2n) is 10.9. The van der Waals surface area contributed by atoms with Crippen molar-refractivity contribution in [1.29, 1.82) is 5.26 Å². The Balaban J connectivity index is 1.38. The highest BCUT2D eigenvalue weighted by Crippen LogP contribution is 2.33. The number of aromatic nitrogens is 6. The highest BCUT2D eigenvalue weighted by molar-refractivity contribution is 6.31. The summed E-state index contributed by atoms with van der Waals surface area (Å²) >= 11 is 6.19. The first-order valence-electron chi connectivity index (χ1n) is 13.3. The number of hydrogen-bond acceptors (Lipinski definition) is 9. The van der Waals surface area contributed by atoms with Crippen LogP contribution in [0.15, 0.2) is 36.8 Å². The van der Waals surface area contributed by atoms with Gasteiger partial charge >= 0.3 is 6.09 Å². The lowest BCUT2D eigenvalue weighted by Crippen LogP contribution is -2.42. The Labute approximate surface area is 242 Å². The van der Waals surface area contributed by atoms with Crippen LogP contribution in [0, 0.1) is 18.3 Å². The van der Waals surface area contributed by atoms with Gasteiger partial charge in [-0.2, -0.15) is 10.4 Å². The van der Waals surface area contributed by atoms with Gasteiger partial charge in [-0.25, -0.2) is 14.0 Å². The van der Waals surface area contributed by atoms with Gasteiger partial charge in [0, 0.05) is 31.0 Å². The SMILES string of the molecule is Cc1c(-c2cc(OCC(O)c3ncccc3Cl)c3c(C#N)cnn3c2)nnn1C1CCN(C(=O)OC(C)(C)C)CC1. The van der Waals surface area contributed by atoms with Crippen molar-refractivity contribution in [2.45, 2.75) is 58.3 Å². The molecule has 0 spiro atoms. The molecule has 0 saturated carbocycles. The molecule has 0 aromatic carbocycles. The third kappa shape index (κ3) is 5.96. The van der Waals surface area contributed by atoms with Crippen LogP contribution in [-0.4, -0.2) is 71.0 Å². The summed E-state index contributed by atoms with van der Waals surface area (Å²) in [6.07, 6.45) is 4.81. The van der Waals surface area contributed by atoms with E-state index in [1.54, 1.807) is 40.0 Å². The summed E-state index contributed by atoms with van der Waals surface area (Å²) < 4.78 is 15.0. The highest BCUT2D eigenvalue weighted by Gasteiger charge is 2.29. The number of nitriles is 1. The summed E-state index contributed by atoms with van der Waals surface area (Å²) in [6.45, 7) is 8.48. The largest absolute Gasteiger partial charge is 0.488 e. The van der Waals surface area contributed by atoms with E-state index in [1.165, 1.54) is 6.20 Å². The molecule has 1 N–H and O–H groups in total. The van der Waals surface area contributed by atoms with Crippen LogP contribution < -0.4 is 4.74 Å². The number of ether oxygens (including phenoxy) is 2. The topological polar surface area (TPSA) is 144 Å². The first-order valence-corrected chi connectivity index (χ1v) is 13.7. The molecule has 1 fully saturated rings. The lowest BCUT2D eigenvalue weighted by Gasteiger charge is -2.33. The molecule has 0 bridgehead atoms. The smallest absolute Gasteiger partial charge is 0.410 e. The van der Waals surface area contributed by atoms with E-state index in [2.05, 4.69) is 26.5 Å². The first kappa shape index (κ1) is 28.3. The van der Waals surface area contributed by atoms with Crippen LogP contribution in [0.3, 0.4) is 0 Å². The van der Waals surface area contributed by atoms with Gasteiger partial charge in [0.1, 0.15) is 46.9 Å². The quantitative estimate of drug-likeness (QED) is 0.349. The van der Waals surface area contributed by atoms with Crippen LogP contribution in [0.1, 0.15) is 62.7 Å². The Kier molecular flexibility index (Phi) is 7.84. The van der Waals surface area contributed by atoms with E-state index in [4.69, 9.17) is 21.1 Å². The van der Waals surface area contributed by atoms with Crippen LogP contribution in [0.5, 0.6) is 5.75 Å². The fourth-order valence-electron chi connectivity index (χ4n) is 4.87. The summed E-state index contributed by atoms with van der Waals surface area (Å²) in [5.41, 5.74) is 2.71. The molecule has 1 atom stereocenters. The van der Waals surface area contributed by atoms with Gasteiger partial charge in [0.05, 0.1) is 28.6 Å². The van der Waals surface area contributed by atoms with Gasteiger partial charge in [-0.3, -0.25) is 4.98 Å². The highest BCUT2D eigenvalue weighted by atomic mass is 35.5. The molecule has 1 aliphatic heterocycles. The number of carbonyl (C=O) groups excluding carboxylic acids is 1. The van der Waals surface area contributed by atoms with Crippen LogP contribution in [0.25, 0.3) is 16.8 Å². The standard InChI is InChI=1S/C28H31ClN8O4/c1-17-24(33-34-37(17)20-7-10-35(11-8-20)27(39)41-28(2,3)4)18-12-23(26-19(13-30)14-32-36(26)15-18)40-16-22(38)25-21(29)6-5-9-31-25/h5-6,9,12,14-15,20,22,38H,7-8,10-11,16H2,1-4H3. The molecule has 0 radical (unpaired) electrons. The minimum Gasteiger partial charge on any atom is -0.488 e. The number of likely N-dealkylation sites (tertiary alicyclic amines) is 1. The van der Waals surface area contributed by atoms with E-state index in [9.17, 15) is 15.2 Å². The van der Waals surface area contributed by atoms with Crippen molar-refractivity contribution >= 4 is 23.2 Å². The number of amides is 1. The Morgan fingerprint density at radius 1 is 1.32 bits per heavy atom. The van der Waals surface area contributed by atoms with E-state index < -0.39 is 11.7 Å². The zero-order valence-corrected chi connectivity index (χ0v) is 24.0. The summed E-state index contributed by atoms with van der Waals surface area (Å²) in [6, 6.07) is 7.29. The molecular formula is C28H31ClN8O4. The van der Waals surface area contributed by atoms with Gasteiger partial charge in [-0.15, -0.1) is 5.10 Å². The number of aliphatic hydroxyl groups excluding tert-OH is 1. The van der Waals surface area contributed by atoms with Crippen molar-refractivity contribution in [3.05, 3.63) is 58.8 Å². The van der Waals surface area contributed by atoms with Crippen LogP contribution in [-0.2, 0) is 4.74 Å². The van der Waals surface area contributed by atoms with Gasteiger partial charge in [0.25, 0.3) is 0 Å². The van der Waals surface area contributed by atoms with Crippen molar-refractivity contribution < 1.29 is 19.4 Å². The Morgan fingerprint density at radius 3 is 2.76 bits per heavy atom. The number of pyridine rings is 2. The van der Waals surface area contributed by atoms with E-state index >= 15 is 0 Å². The molecule has 4 aromatic heterocycles. The van der Waals surface area contributed by atoms with Crippen molar-refractivity contribution in [1.82, 2.24) is 34.5 Å². The molecule has 214 valence electrons. The molecule has 5 rings (SSSR count). The second-order valence-corrected chi connectivity index (χ2v) is 11.3. The number of fused-ring (bicyclic) bond motifs is 1. The monoisotopic (exact) mass is 578 g/mol. The average molecular weight is 579 g/mol. The van der Waals surface area contributed by atoms with Crippen LogP contribution >= 0.6 is 11.6 Å². The number of piperidine rings is 1. The maximum atomic E-state index is 12.5. The van der Waals surface area contributed by atoms with Crippen molar-refractivity contribution in [3.8, 4) is 23.1 Å². The first-order chi connectivity index (χ1) is 19.6. The Morgan fingerprint density at radius 2 is 2.07 bits per heavy atom. The lowest BCUT2D eigenvalue weighted by atomic mass is 10.0. The third-order valence-electron chi connectivity index (χ3n) is 6.86. The number of rotatable bonds is 6. The molecular weight excluding hydrogens is 548 g/mol. The molecule has 4 aromatic rings. The number of hydrogen-bond donors (Lipinski definition) is 1. The zero-order chi connectivity index (χ0) is 29.3. The molecule has 1 saturated heterocycles. The maximum absolute atomic E-state index is 12.5. The van der Waals surface area contributed by atoms with Crippen LogP contribution in [0.2, 0.25) is 5.02 Å². The van der Waals surface area contributed by atoms with Gasteiger partial charge in [-0.05, 0) is 58.7 Å². The molecule has 1 aliphatic rings. The van der Waals surface area contributed by atoms with E-state index in [-0.39, 0.29) is 18.7 Å². The van der Waals surface area contributed by atoms with Crippen LogP contribution in [0.4, 0.5) is 4.79 Å². The van der Waals surface area contributed by atoms with E-state index in [0.29, 0.717) is 51.9 Å². The summed E-state index contributed by atoms with van der Waals surface area (Å²) in [7, 11) is 0. The fourth-order valence-corrected chi connectivity index (χ4v) is 5.12. The maximum Gasteiger partial charge on any atom is 0.410 e. The summed E-state index contributed by atoms with van der Waals surface area (Å²) in [5, 5.41) is 33.9. The van der Waals surface area contributed by atoms with Gasteiger partial charge in [-0.1, -0.05) is 16.8 Å². The van der Waals surface area contributed by atoms with Crippen molar-refractivity contribution in [3.63, 3.8) is 0 Å². The molecule has 41 heavy (non-hydrogen) atoms. The molecule has 5 heterocycles. The molecule has 13 heteroatoms. The number of carbonyl (C=O) groups is 1. The number of aliphatic hydroxyl groups is 1. The van der Waals surface area contributed by atoms with Gasteiger partial charge in [0.2, 0.25) is 0 Å². The van der Waals surface area contributed by atoms with Gasteiger partial charge < -0.3 is 19.5 Å². The fraction of sp³-hybridized carbons (Fsp3) is 0.429. The Bertz CT molecular complexity index is 1610. The molecule has 12 nitrogen and oxygen atoms in total. The summed E-state index contributed by atoms with van der Waals surface area (Å²) in [4.78, 5) is 18.3. The van der Waals surface area contributed by atoms with Crippen molar-refractivity contribution in [2.24, 2.45) is 0 Å². The van der Waals surface area contributed by atoms with Crippen molar-refractivity contribution in [2.75, 3.05) is 19.7 Å². The summed E-state index contributed by atoms with van der Waals surface area (Å²) in [5.74, 6) is 0.349. The van der Waals surface area contributed by atoms with E-state index in [1.807, 2.05) is 32.4 Å². The normalized spacial score (nSPS) is 15.1.